The van der Waals surface area contributed by atoms with E-state index in [-0.39, 0.29) is 17.9 Å². The van der Waals surface area contributed by atoms with E-state index in [4.69, 9.17) is 4.84 Å². The maximum absolute atomic E-state index is 12.5. The van der Waals surface area contributed by atoms with E-state index in [0.29, 0.717) is 17.9 Å². The Bertz CT molecular complexity index is 805. The third-order valence-corrected chi connectivity index (χ3v) is 6.28. The summed E-state index contributed by atoms with van der Waals surface area (Å²) in [6, 6.07) is 17.2. The molecule has 2 amide bonds. The van der Waals surface area contributed by atoms with Crippen molar-refractivity contribution in [2.45, 2.75) is 62.5 Å². The van der Waals surface area contributed by atoms with Crippen LogP contribution in [0.15, 0.2) is 59.5 Å². The fraction of sp³-hybridized carbons (Fsp3) is 0.417. The first-order valence-electron chi connectivity index (χ1n) is 10.7. The molecule has 0 atom stereocenters. The van der Waals surface area contributed by atoms with Crippen molar-refractivity contribution in [2.75, 3.05) is 5.75 Å². The van der Waals surface area contributed by atoms with Crippen molar-refractivity contribution in [1.29, 1.82) is 0 Å². The Morgan fingerprint density at radius 1 is 0.900 bits per heavy atom. The van der Waals surface area contributed by atoms with Gasteiger partial charge >= 0.3 is 0 Å². The molecule has 0 unspecified atom stereocenters. The number of nitrogens with one attached hydrogen (secondary N) is 2. The number of hydrogen-bond acceptors (Lipinski definition) is 4. The maximum Gasteiger partial charge on any atom is 0.275 e. The molecule has 30 heavy (non-hydrogen) atoms. The SMILES string of the molecule is O=C(CSc1ccccc1C(=O)NOCc1ccccc1)NC1CCCCCCC1. The van der Waals surface area contributed by atoms with Gasteiger partial charge in [0.1, 0.15) is 0 Å². The number of benzene rings is 2. The Kier molecular flexibility index (Phi) is 9.25. The van der Waals surface area contributed by atoms with E-state index in [2.05, 4.69) is 10.8 Å². The van der Waals surface area contributed by atoms with Gasteiger partial charge in [-0.3, -0.25) is 14.4 Å². The van der Waals surface area contributed by atoms with Crippen LogP contribution in [0.4, 0.5) is 0 Å². The normalized spacial score (nSPS) is 15.1. The van der Waals surface area contributed by atoms with E-state index in [0.717, 1.165) is 23.3 Å². The van der Waals surface area contributed by atoms with Gasteiger partial charge in [-0.1, -0.05) is 74.6 Å². The van der Waals surface area contributed by atoms with Crippen molar-refractivity contribution < 1.29 is 14.4 Å². The number of hydrogen-bond donors (Lipinski definition) is 2. The van der Waals surface area contributed by atoms with Crippen LogP contribution in [0.2, 0.25) is 0 Å². The summed E-state index contributed by atoms with van der Waals surface area (Å²) in [7, 11) is 0. The highest BCUT2D eigenvalue weighted by molar-refractivity contribution is 8.00. The minimum atomic E-state index is -0.311. The van der Waals surface area contributed by atoms with E-state index >= 15 is 0 Å². The number of rotatable bonds is 8. The van der Waals surface area contributed by atoms with Gasteiger partial charge in [0.25, 0.3) is 5.91 Å². The van der Waals surface area contributed by atoms with Gasteiger partial charge in [-0.25, -0.2) is 5.48 Å². The Labute approximate surface area is 182 Å². The van der Waals surface area contributed by atoms with Gasteiger partial charge in [0.2, 0.25) is 5.91 Å². The van der Waals surface area contributed by atoms with Gasteiger partial charge in [0.15, 0.2) is 0 Å². The predicted molar refractivity (Wildman–Crippen MR) is 120 cm³/mol. The quantitative estimate of drug-likeness (QED) is 0.467. The van der Waals surface area contributed by atoms with Crippen molar-refractivity contribution in [3.63, 3.8) is 0 Å². The molecule has 2 N–H and O–H groups in total. The van der Waals surface area contributed by atoms with Crippen LogP contribution in [0, 0.1) is 0 Å². The van der Waals surface area contributed by atoms with Gasteiger partial charge in [0, 0.05) is 10.9 Å². The fourth-order valence-corrected chi connectivity index (χ4v) is 4.47. The summed E-state index contributed by atoms with van der Waals surface area (Å²) in [5.41, 5.74) is 3.99. The lowest BCUT2D eigenvalue weighted by Crippen LogP contribution is -2.36. The summed E-state index contributed by atoms with van der Waals surface area (Å²) in [6.45, 7) is 0.297. The van der Waals surface area contributed by atoms with Crippen LogP contribution < -0.4 is 10.8 Å². The smallest absolute Gasteiger partial charge is 0.275 e. The predicted octanol–water partition coefficient (Wildman–Crippen LogP) is 4.87. The van der Waals surface area contributed by atoms with Crippen molar-refractivity contribution in [2.24, 2.45) is 0 Å². The van der Waals surface area contributed by atoms with Crippen molar-refractivity contribution in [3.8, 4) is 0 Å². The number of thioether (sulfide) groups is 1. The molecule has 0 bridgehead atoms. The highest BCUT2D eigenvalue weighted by Gasteiger charge is 2.16. The van der Waals surface area contributed by atoms with E-state index in [1.807, 2.05) is 48.5 Å². The molecule has 5 nitrogen and oxygen atoms in total. The molecule has 2 aromatic carbocycles. The molecular weight excluding hydrogens is 396 g/mol. The highest BCUT2D eigenvalue weighted by Crippen LogP contribution is 2.23. The number of hydroxylamine groups is 1. The molecule has 1 aliphatic carbocycles. The Balaban J connectivity index is 1.47. The summed E-state index contributed by atoms with van der Waals surface area (Å²) < 4.78 is 0. The van der Waals surface area contributed by atoms with Crippen LogP contribution in [0.3, 0.4) is 0 Å². The Hall–Kier alpha value is -2.31. The highest BCUT2D eigenvalue weighted by atomic mass is 32.2. The Morgan fingerprint density at radius 3 is 2.33 bits per heavy atom. The topological polar surface area (TPSA) is 67.4 Å². The first-order chi connectivity index (χ1) is 14.7. The summed E-state index contributed by atoms with van der Waals surface area (Å²) in [4.78, 5) is 31.1. The molecule has 6 heteroatoms. The molecule has 0 spiro atoms. The molecule has 1 aliphatic rings. The zero-order valence-corrected chi connectivity index (χ0v) is 18.1. The molecule has 1 fully saturated rings. The molecule has 0 aromatic heterocycles. The zero-order valence-electron chi connectivity index (χ0n) is 17.3. The van der Waals surface area contributed by atoms with Gasteiger partial charge in [-0.05, 0) is 30.5 Å². The average molecular weight is 427 g/mol. The molecule has 3 rings (SSSR count). The molecule has 0 aliphatic heterocycles. The number of carbonyl (C=O) groups is 2. The van der Waals surface area contributed by atoms with Crippen molar-refractivity contribution in [1.82, 2.24) is 10.8 Å². The maximum atomic E-state index is 12.5. The van der Waals surface area contributed by atoms with E-state index in [1.165, 1.54) is 43.9 Å². The van der Waals surface area contributed by atoms with Crippen molar-refractivity contribution in [3.05, 3.63) is 65.7 Å². The van der Waals surface area contributed by atoms with E-state index in [1.54, 1.807) is 6.07 Å². The lowest BCUT2D eigenvalue weighted by molar-refractivity contribution is -0.119. The minimum Gasteiger partial charge on any atom is -0.353 e. The summed E-state index contributed by atoms with van der Waals surface area (Å²) in [5.74, 6) is 0.0154. The molecule has 0 saturated heterocycles. The van der Waals surface area contributed by atoms with Crippen LogP contribution in [0.25, 0.3) is 0 Å². The molecule has 1 saturated carbocycles. The summed E-state index contributed by atoms with van der Waals surface area (Å²) >= 11 is 1.38. The van der Waals surface area contributed by atoms with Crippen molar-refractivity contribution >= 4 is 23.6 Å². The second kappa shape index (κ2) is 12.4. The third-order valence-electron chi connectivity index (χ3n) is 5.21. The van der Waals surface area contributed by atoms with Crippen LogP contribution in [0.5, 0.6) is 0 Å². The van der Waals surface area contributed by atoms with Gasteiger partial charge in [-0.15, -0.1) is 11.8 Å². The first-order valence-corrected chi connectivity index (χ1v) is 11.7. The average Bonchev–Trinajstić information content (AvgIpc) is 2.75. The second-order valence-corrected chi connectivity index (χ2v) is 8.62. The summed E-state index contributed by atoms with van der Waals surface area (Å²) in [6.07, 6.45) is 8.33. The lowest BCUT2D eigenvalue weighted by Gasteiger charge is -2.21. The lowest BCUT2D eigenvalue weighted by atomic mass is 9.97. The van der Waals surface area contributed by atoms with Gasteiger partial charge < -0.3 is 5.32 Å². The standard InChI is InChI=1S/C24H30N2O3S/c27-23(25-20-13-7-2-1-3-8-14-20)18-30-22-16-10-9-15-21(22)24(28)26-29-17-19-11-5-4-6-12-19/h4-6,9-12,15-16,20H,1-3,7-8,13-14,17-18H2,(H,25,27)(H,26,28). The summed E-state index contributed by atoms with van der Waals surface area (Å²) in [5, 5.41) is 3.17. The molecule has 160 valence electrons. The number of carbonyl (C=O) groups excluding carboxylic acids is 2. The number of amides is 2. The zero-order chi connectivity index (χ0) is 21.0. The first kappa shape index (κ1) is 22.4. The molecule has 0 radical (unpaired) electrons. The second-order valence-electron chi connectivity index (χ2n) is 7.60. The molecule has 2 aromatic rings. The van der Waals surface area contributed by atoms with Crippen LogP contribution in [0.1, 0.15) is 60.9 Å². The third kappa shape index (κ3) is 7.50. The fourth-order valence-electron chi connectivity index (χ4n) is 3.61. The van der Waals surface area contributed by atoms with Gasteiger partial charge in [0.05, 0.1) is 17.9 Å². The van der Waals surface area contributed by atoms with Crippen LogP contribution in [-0.4, -0.2) is 23.6 Å². The molecular formula is C24H30N2O3S. The van der Waals surface area contributed by atoms with Crippen LogP contribution >= 0.6 is 11.8 Å². The molecule has 0 heterocycles. The monoisotopic (exact) mass is 426 g/mol. The van der Waals surface area contributed by atoms with Gasteiger partial charge in [-0.2, -0.15) is 0 Å². The van der Waals surface area contributed by atoms with E-state index in [9.17, 15) is 9.59 Å². The van der Waals surface area contributed by atoms with E-state index < -0.39 is 0 Å². The largest absolute Gasteiger partial charge is 0.353 e. The minimum absolute atomic E-state index is 0.0288. The van der Waals surface area contributed by atoms with Crippen LogP contribution in [-0.2, 0) is 16.2 Å². The Morgan fingerprint density at radius 2 is 1.57 bits per heavy atom.